The molecule has 0 heterocycles. The summed E-state index contributed by atoms with van der Waals surface area (Å²) in [5, 5.41) is 0. The van der Waals surface area contributed by atoms with Gasteiger partial charge in [0.2, 0.25) is 0 Å². The highest BCUT2D eigenvalue weighted by atomic mass is 35.5. The van der Waals surface area contributed by atoms with Crippen LogP contribution in [0.2, 0.25) is 0 Å². The molecule has 1 rings (SSSR count). The lowest BCUT2D eigenvalue weighted by Gasteiger charge is -2.19. The van der Waals surface area contributed by atoms with Crippen molar-refractivity contribution in [3.8, 4) is 0 Å². The zero-order chi connectivity index (χ0) is 11.1. The molecule has 0 radical (unpaired) electrons. The first-order valence-corrected chi connectivity index (χ1v) is 6.02. The predicted octanol–water partition coefficient (Wildman–Crippen LogP) is 3.39. The largest absolute Gasteiger partial charge is 0.399 e. The first-order chi connectivity index (χ1) is 7.26. The number of benzene rings is 1. The fraction of sp³-hybridized carbons (Fsp3) is 0.455. The summed E-state index contributed by atoms with van der Waals surface area (Å²) in [7, 11) is 0. The maximum Gasteiger partial charge on any atom is 0.0351 e. The smallest absolute Gasteiger partial charge is 0.0351 e. The fourth-order valence-corrected chi connectivity index (χ4v) is 1.87. The molecule has 0 amide bonds. The third kappa shape index (κ3) is 7.96. The molecule has 0 aliphatic carbocycles. The second kappa shape index (κ2) is 11.2. The zero-order valence-corrected chi connectivity index (χ0v) is 12.6. The van der Waals surface area contributed by atoms with Crippen molar-refractivity contribution in [3.05, 3.63) is 29.8 Å². The number of nitrogen functional groups attached to an aromatic ring is 1. The Labute approximate surface area is 125 Å². The minimum Gasteiger partial charge on any atom is -0.399 e. The van der Waals surface area contributed by atoms with E-state index in [0.717, 1.165) is 25.3 Å². The summed E-state index contributed by atoms with van der Waals surface area (Å²) in [5.41, 5.74) is 7.65. The van der Waals surface area contributed by atoms with Crippen molar-refractivity contribution < 1.29 is 0 Å². The summed E-state index contributed by atoms with van der Waals surface area (Å²) in [5.74, 6) is 1.26. The highest BCUT2D eigenvalue weighted by molar-refractivity contribution is 6.18. The van der Waals surface area contributed by atoms with Crippen molar-refractivity contribution in [3.63, 3.8) is 0 Å². The minimum absolute atomic E-state index is 0. The summed E-state index contributed by atoms with van der Waals surface area (Å²) in [6.07, 6.45) is 0. The molecule has 0 unspecified atom stereocenters. The van der Waals surface area contributed by atoms with Gasteiger partial charge in [-0.05, 0) is 17.7 Å². The standard InChI is InChI=1S/C11H16Cl2N2.2ClH/c12-5-7-15(8-6-13)9-10-1-3-11(14)4-2-10;;/h1-4H,5-9,14H2;2*1H. The number of rotatable bonds is 6. The molecule has 2 nitrogen and oxygen atoms in total. The summed E-state index contributed by atoms with van der Waals surface area (Å²) >= 11 is 11.4. The Morgan fingerprint density at radius 2 is 1.41 bits per heavy atom. The van der Waals surface area contributed by atoms with Gasteiger partial charge in [0.25, 0.3) is 0 Å². The third-order valence-electron chi connectivity index (χ3n) is 2.19. The summed E-state index contributed by atoms with van der Waals surface area (Å²) in [6.45, 7) is 2.59. The fourth-order valence-electron chi connectivity index (χ4n) is 1.39. The Morgan fingerprint density at radius 1 is 0.941 bits per heavy atom. The normalized spacial score (nSPS) is 9.59. The Bertz CT molecular complexity index is 273. The number of alkyl halides is 2. The lowest BCUT2D eigenvalue weighted by atomic mass is 10.2. The maximum atomic E-state index is 5.72. The third-order valence-corrected chi connectivity index (χ3v) is 2.53. The molecule has 0 bridgehead atoms. The molecular formula is C11H18Cl4N2. The molecule has 0 aliphatic rings. The Kier molecular flexibility index (Phi) is 12.9. The molecular weight excluding hydrogens is 302 g/mol. The van der Waals surface area contributed by atoms with Crippen LogP contribution in [0.1, 0.15) is 5.56 Å². The van der Waals surface area contributed by atoms with Gasteiger partial charge in [-0.3, -0.25) is 4.90 Å². The molecule has 0 fully saturated rings. The number of hydrogen-bond acceptors (Lipinski definition) is 2. The van der Waals surface area contributed by atoms with E-state index >= 15 is 0 Å². The van der Waals surface area contributed by atoms with Crippen LogP contribution in [0.3, 0.4) is 0 Å². The number of nitrogens with two attached hydrogens (primary N) is 1. The topological polar surface area (TPSA) is 29.3 Å². The van der Waals surface area contributed by atoms with Crippen LogP contribution in [0.25, 0.3) is 0 Å². The monoisotopic (exact) mass is 318 g/mol. The molecule has 0 saturated heterocycles. The van der Waals surface area contributed by atoms with Crippen LogP contribution in [0, 0.1) is 0 Å². The Balaban J connectivity index is 0. The van der Waals surface area contributed by atoms with Crippen molar-refractivity contribution >= 4 is 53.7 Å². The number of halogens is 4. The van der Waals surface area contributed by atoms with Crippen LogP contribution in [-0.2, 0) is 6.54 Å². The van der Waals surface area contributed by atoms with Gasteiger partial charge in [0.15, 0.2) is 0 Å². The first kappa shape index (κ1) is 19.5. The van der Waals surface area contributed by atoms with Crippen molar-refractivity contribution in [2.75, 3.05) is 30.6 Å². The van der Waals surface area contributed by atoms with Crippen molar-refractivity contribution in [2.45, 2.75) is 6.54 Å². The summed E-state index contributed by atoms with van der Waals surface area (Å²) < 4.78 is 0. The van der Waals surface area contributed by atoms with E-state index in [9.17, 15) is 0 Å². The lowest BCUT2D eigenvalue weighted by Crippen LogP contribution is -2.27. The van der Waals surface area contributed by atoms with Gasteiger partial charge >= 0.3 is 0 Å². The predicted molar refractivity (Wildman–Crippen MR) is 82.1 cm³/mol. The van der Waals surface area contributed by atoms with Crippen molar-refractivity contribution in [1.82, 2.24) is 4.90 Å². The van der Waals surface area contributed by atoms with Gasteiger partial charge in [0.05, 0.1) is 0 Å². The van der Waals surface area contributed by atoms with Crippen LogP contribution in [-0.4, -0.2) is 29.7 Å². The van der Waals surface area contributed by atoms with E-state index in [2.05, 4.69) is 4.90 Å². The second-order valence-corrected chi connectivity index (χ2v) is 4.15. The Hall–Kier alpha value is 0.140. The molecule has 6 heteroatoms. The molecule has 0 saturated carbocycles. The van der Waals surface area contributed by atoms with Gasteiger partial charge in [-0.25, -0.2) is 0 Å². The summed E-state index contributed by atoms with van der Waals surface area (Å²) in [6, 6.07) is 7.89. The SMILES string of the molecule is Cl.Cl.Nc1ccc(CN(CCCl)CCCl)cc1. The second-order valence-electron chi connectivity index (χ2n) is 3.40. The van der Waals surface area contributed by atoms with Crippen LogP contribution in [0.4, 0.5) is 5.69 Å². The number of anilines is 1. The highest BCUT2D eigenvalue weighted by Gasteiger charge is 2.04. The van der Waals surface area contributed by atoms with Crippen molar-refractivity contribution in [1.29, 1.82) is 0 Å². The quantitative estimate of drug-likeness (QED) is 0.643. The molecule has 0 aromatic heterocycles. The van der Waals surface area contributed by atoms with E-state index in [-0.39, 0.29) is 24.8 Å². The van der Waals surface area contributed by atoms with Gasteiger partial charge in [0, 0.05) is 37.1 Å². The van der Waals surface area contributed by atoms with E-state index in [1.54, 1.807) is 0 Å². The van der Waals surface area contributed by atoms with Crippen LogP contribution in [0.5, 0.6) is 0 Å². The molecule has 0 spiro atoms. The van der Waals surface area contributed by atoms with Gasteiger partial charge in [-0.2, -0.15) is 0 Å². The van der Waals surface area contributed by atoms with E-state index < -0.39 is 0 Å². The summed E-state index contributed by atoms with van der Waals surface area (Å²) in [4.78, 5) is 2.23. The van der Waals surface area contributed by atoms with Crippen molar-refractivity contribution in [2.24, 2.45) is 0 Å². The van der Waals surface area contributed by atoms with Crippen LogP contribution in [0.15, 0.2) is 24.3 Å². The zero-order valence-electron chi connectivity index (χ0n) is 9.44. The maximum absolute atomic E-state index is 5.72. The van der Waals surface area contributed by atoms with Gasteiger partial charge < -0.3 is 5.73 Å². The molecule has 1 aromatic rings. The number of nitrogens with zero attached hydrogens (tertiary/aromatic N) is 1. The minimum atomic E-state index is 0. The first-order valence-electron chi connectivity index (χ1n) is 4.95. The molecule has 0 aliphatic heterocycles. The van der Waals surface area contributed by atoms with E-state index in [0.29, 0.717) is 11.8 Å². The molecule has 100 valence electrons. The van der Waals surface area contributed by atoms with E-state index in [4.69, 9.17) is 28.9 Å². The van der Waals surface area contributed by atoms with Crippen LogP contribution < -0.4 is 5.73 Å². The molecule has 0 atom stereocenters. The van der Waals surface area contributed by atoms with Gasteiger partial charge in [-0.15, -0.1) is 48.0 Å². The van der Waals surface area contributed by atoms with Gasteiger partial charge in [-0.1, -0.05) is 12.1 Å². The van der Waals surface area contributed by atoms with E-state index in [1.165, 1.54) is 5.56 Å². The lowest BCUT2D eigenvalue weighted by molar-refractivity contribution is 0.299. The Morgan fingerprint density at radius 3 is 1.82 bits per heavy atom. The highest BCUT2D eigenvalue weighted by Crippen LogP contribution is 2.08. The molecule has 1 aromatic carbocycles. The number of hydrogen-bond donors (Lipinski definition) is 1. The van der Waals surface area contributed by atoms with Gasteiger partial charge in [0.1, 0.15) is 0 Å². The van der Waals surface area contributed by atoms with E-state index in [1.807, 2.05) is 24.3 Å². The average Bonchev–Trinajstić information content (AvgIpc) is 2.22. The molecule has 2 N–H and O–H groups in total. The average molecular weight is 320 g/mol. The van der Waals surface area contributed by atoms with Crippen LogP contribution >= 0.6 is 48.0 Å². The molecule has 17 heavy (non-hydrogen) atoms.